The summed E-state index contributed by atoms with van der Waals surface area (Å²) in [5.41, 5.74) is 0.243. The molecule has 1 aliphatic rings. The van der Waals surface area contributed by atoms with Crippen LogP contribution >= 0.6 is 11.3 Å². The Bertz CT molecular complexity index is 380. The first kappa shape index (κ1) is 11.6. The summed E-state index contributed by atoms with van der Waals surface area (Å²) in [4.78, 5) is 16.1. The van der Waals surface area contributed by atoms with Gasteiger partial charge < -0.3 is 5.11 Å². The van der Waals surface area contributed by atoms with Crippen LogP contribution in [-0.4, -0.2) is 16.1 Å². The Hall–Kier alpha value is -0.900. The van der Waals surface area contributed by atoms with Gasteiger partial charge in [-0.1, -0.05) is 26.2 Å². The summed E-state index contributed by atoms with van der Waals surface area (Å²) >= 11 is 1.57. The molecule has 0 spiro atoms. The van der Waals surface area contributed by atoms with E-state index in [0.717, 1.165) is 5.01 Å². The van der Waals surface area contributed by atoms with Gasteiger partial charge in [-0.3, -0.25) is 4.79 Å². The minimum absolute atomic E-state index is 0.0563. The predicted octanol–water partition coefficient (Wildman–Crippen LogP) is 2.99. The van der Waals surface area contributed by atoms with Gasteiger partial charge in [-0.25, -0.2) is 4.98 Å². The molecule has 0 atom stereocenters. The Morgan fingerprint density at radius 3 is 2.81 bits per heavy atom. The van der Waals surface area contributed by atoms with E-state index < -0.39 is 5.97 Å². The quantitative estimate of drug-likeness (QED) is 0.882. The van der Waals surface area contributed by atoms with Crippen LogP contribution in [0.5, 0.6) is 0 Å². The molecule has 4 heteroatoms. The molecular weight excluding hydrogens is 222 g/mol. The summed E-state index contributed by atoms with van der Waals surface area (Å²) < 4.78 is 0. The molecule has 16 heavy (non-hydrogen) atoms. The lowest BCUT2D eigenvalue weighted by molar-refractivity contribution is -0.136. The van der Waals surface area contributed by atoms with Crippen LogP contribution < -0.4 is 0 Å². The zero-order valence-electron chi connectivity index (χ0n) is 9.53. The normalized spacial score (nSPS) is 19.6. The number of carboxylic acids is 1. The first-order valence-electron chi connectivity index (χ1n) is 5.77. The third-order valence-corrected chi connectivity index (χ3v) is 4.71. The summed E-state index contributed by atoms with van der Waals surface area (Å²) in [5.74, 6) is -0.797. The summed E-state index contributed by atoms with van der Waals surface area (Å²) in [6, 6.07) is 0. The molecule has 0 aliphatic heterocycles. The van der Waals surface area contributed by atoms with Crippen LogP contribution in [0.15, 0.2) is 6.20 Å². The topological polar surface area (TPSA) is 50.2 Å². The third-order valence-electron chi connectivity index (χ3n) is 3.41. The second kappa shape index (κ2) is 4.53. The molecule has 0 radical (unpaired) electrons. The number of aromatic nitrogens is 1. The summed E-state index contributed by atoms with van der Waals surface area (Å²) in [5, 5.41) is 9.45. The molecule has 1 fully saturated rings. The summed E-state index contributed by atoms with van der Waals surface area (Å²) in [6.45, 7) is 2.28. The van der Waals surface area contributed by atoms with E-state index in [4.69, 9.17) is 5.11 Å². The predicted molar refractivity (Wildman–Crippen MR) is 63.9 cm³/mol. The van der Waals surface area contributed by atoms with Gasteiger partial charge in [-0.2, -0.15) is 0 Å². The van der Waals surface area contributed by atoms with Crippen molar-refractivity contribution in [2.45, 2.75) is 50.9 Å². The maximum Gasteiger partial charge on any atom is 0.310 e. The lowest BCUT2D eigenvalue weighted by Gasteiger charge is -2.32. The van der Waals surface area contributed by atoms with Crippen LogP contribution in [0, 0.1) is 0 Å². The molecule has 1 aliphatic carbocycles. The van der Waals surface area contributed by atoms with Crippen molar-refractivity contribution in [3.8, 4) is 0 Å². The molecule has 3 nitrogen and oxygen atoms in total. The Morgan fingerprint density at radius 1 is 1.50 bits per heavy atom. The molecule has 1 aromatic rings. The van der Waals surface area contributed by atoms with Gasteiger partial charge in [0.2, 0.25) is 0 Å². The van der Waals surface area contributed by atoms with Crippen LogP contribution in [0.25, 0.3) is 0 Å². The smallest absolute Gasteiger partial charge is 0.310 e. The van der Waals surface area contributed by atoms with Crippen LogP contribution in [-0.2, 0) is 16.6 Å². The number of thiazole rings is 1. The van der Waals surface area contributed by atoms with Crippen LogP contribution in [0.2, 0.25) is 0 Å². The molecular formula is C12H17NO2S. The second-order valence-corrected chi connectivity index (χ2v) is 5.93. The summed E-state index contributed by atoms with van der Waals surface area (Å²) in [6.07, 6.45) is 8.25. The van der Waals surface area contributed by atoms with Crippen molar-refractivity contribution in [2.75, 3.05) is 0 Å². The van der Waals surface area contributed by atoms with Crippen LogP contribution in [0.3, 0.4) is 0 Å². The molecule has 2 rings (SSSR count). The zero-order chi connectivity index (χ0) is 11.6. The molecule has 0 bridgehead atoms. The molecule has 0 amide bonds. The van der Waals surface area contributed by atoms with Gasteiger partial charge in [-0.15, -0.1) is 11.3 Å². The zero-order valence-corrected chi connectivity index (χ0v) is 10.3. The van der Waals surface area contributed by atoms with Crippen molar-refractivity contribution in [3.05, 3.63) is 16.1 Å². The number of carbonyl (C=O) groups is 1. The highest BCUT2D eigenvalue weighted by atomic mass is 32.1. The molecule has 88 valence electrons. The molecule has 0 unspecified atom stereocenters. The molecule has 0 saturated heterocycles. The number of hydrogen-bond acceptors (Lipinski definition) is 3. The van der Waals surface area contributed by atoms with Crippen molar-refractivity contribution < 1.29 is 9.90 Å². The van der Waals surface area contributed by atoms with Gasteiger partial charge in [0.25, 0.3) is 0 Å². The van der Waals surface area contributed by atoms with Gasteiger partial charge in [-0.05, 0) is 12.8 Å². The standard InChI is InChI=1S/C12H17NO2S/c1-12(5-3-2-4-6-12)9-8-13-10(16-9)7-11(14)15/h8H,2-7H2,1H3,(H,14,15). The fourth-order valence-electron chi connectivity index (χ4n) is 2.38. The number of nitrogens with zero attached hydrogens (tertiary/aromatic N) is 1. The van der Waals surface area contributed by atoms with Crippen molar-refractivity contribution in [2.24, 2.45) is 0 Å². The van der Waals surface area contributed by atoms with Crippen molar-refractivity contribution in [3.63, 3.8) is 0 Å². The number of rotatable bonds is 3. The molecule has 1 aromatic heterocycles. The Labute approximate surface area is 99.5 Å². The highest BCUT2D eigenvalue weighted by Gasteiger charge is 2.30. The highest BCUT2D eigenvalue weighted by Crippen LogP contribution is 2.41. The van der Waals surface area contributed by atoms with E-state index in [2.05, 4.69) is 11.9 Å². The number of hydrogen-bond donors (Lipinski definition) is 1. The maximum atomic E-state index is 10.6. The van der Waals surface area contributed by atoms with Crippen molar-refractivity contribution >= 4 is 17.3 Å². The molecule has 1 heterocycles. The fraction of sp³-hybridized carbons (Fsp3) is 0.667. The monoisotopic (exact) mass is 239 g/mol. The lowest BCUT2D eigenvalue weighted by Crippen LogP contribution is -2.23. The van der Waals surface area contributed by atoms with E-state index in [1.807, 2.05) is 6.20 Å². The second-order valence-electron chi connectivity index (χ2n) is 4.81. The van der Waals surface area contributed by atoms with Crippen molar-refractivity contribution in [1.29, 1.82) is 0 Å². The third kappa shape index (κ3) is 2.43. The Morgan fingerprint density at radius 2 is 2.19 bits per heavy atom. The van der Waals surface area contributed by atoms with Gasteiger partial charge in [0.15, 0.2) is 0 Å². The van der Waals surface area contributed by atoms with Crippen LogP contribution in [0.1, 0.15) is 48.9 Å². The molecule has 1 saturated carbocycles. The Balaban J connectivity index is 2.13. The van der Waals surface area contributed by atoms with Gasteiger partial charge >= 0.3 is 5.97 Å². The first-order valence-corrected chi connectivity index (χ1v) is 6.59. The lowest BCUT2D eigenvalue weighted by atomic mass is 9.75. The van der Waals surface area contributed by atoms with E-state index in [-0.39, 0.29) is 11.8 Å². The SMILES string of the molecule is CC1(c2cnc(CC(=O)O)s2)CCCCC1. The van der Waals surface area contributed by atoms with Gasteiger partial charge in [0.1, 0.15) is 5.01 Å². The number of carboxylic acid groups (broad SMARTS) is 1. The first-order chi connectivity index (χ1) is 7.60. The maximum absolute atomic E-state index is 10.6. The van der Waals surface area contributed by atoms with Gasteiger partial charge in [0.05, 0.1) is 6.42 Å². The highest BCUT2D eigenvalue weighted by molar-refractivity contribution is 7.11. The summed E-state index contributed by atoms with van der Waals surface area (Å²) in [7, 11) is 0. The van der Waals surface area contributed by atoms with E-state index in [1.165, 1.54) is 37.0 Å². The van der Waals surface area contributed by atoms with Crippen LogP contribution in [0.4, 0.5) is 0 Å². The molecule has 1 N–H and O–H groups in total. The average Bonchev–Trinajstić information content (AvgIpc) is 2.67. The fourth-order valence-corrected chi connectivity index (χ4v) is 3.49. The minimum atomic E-state index is -0.797. The van der Waals surface area contributed by atoms with E-state index in [0.29, 0.717) is 0 Å². The van der Waals surface area contributed by atoms with E-state index >= 15 is 0 Å². The van der Waals surface area contributed by atoms with E-state index in [9.17, 15) is 4.79 Å². The van der Waals surface area contributed by atoms with Crippen molar-refractivity contribution in [1.82, 2.24) is 4.98 Å². The molecule has 0 aromatic carbocycles. The average molecular weight is 239 g/mol. The largest absolute Gasteiger partial charge is 0.481 e. The number of aliphatic carboxylic acids is 1. The minimum Gasteiger partial charge on any atom is -0.481 e. The Kier molecular flexibility index (Phi) is 3.28. The van der Waals surface area contributed by atoms with Gasteiger partial charge in [0, 0.05) is 16.5 Å². The van der Waals surface area contributed by atoms with E-state index in [1.54, 1.807) is 11.3 Å².